The lowest BCUT2D eigenvalue weighted by Gasteiger charge is -2.09. The van der Waals surface area contributed by atoms with Crippen LogP contribution in [-0.4, -0.2) is 23.0 Å². The van der Waals surface area contributed by atoms with Crippen LogP contribution in [0.5, 0.6) is 5.88 Å². The van der Waals surface area contributed by atoms with E-state index in [1.165, 1.54) is 0 Å². The van der Waals surface area contributed by atoms with Gasteiger partial charge >= 0.3 is 0 Å². The number of carbonyl (C=O) groups is 1. The van der Waals surface area contributed by atoms with E-state index >= 15 is 0 Å². The fraction of sp³-hybridized carbons (Fsp3) is 0.211. The summed E-state index contributed by atoms with van der Waals surface area (Å²) in [6.45, 7) is 1.99. The van der Waals surface area contributed by atoms with Crippen LogP contribution >= 0.6 is 0 Å². The third kappa shape index (κ3) is 3.68. The minimum atomic E-state index is -0.0578. The number of hydrogen-bond donors (Lipinski definition) is 1. The van der Waals surface area contributed by atoms with Crippen LogP contribution in [0.1, 0.15) is 17.7 Å². The minimum Gasteiger partial charge on any atom is -0.480 e. The van der Waals surface area contributed by atoms with Gasteiger partial charge in [0.15, 0.2) is 0 Å². The maximum absolute atomic E-state index is 12.2. The number of aromatic nitrogens is 2. The van der Waals surface area contributed by atoms with Crippen LogP contribution in [0.15, 0.2) is 48.5 Å². The summed E-state index contributed by atoms with van der Waals surface area (Å²) in [5.74, 6) is 0.412. The number of nitrogens with zero attached hydrogens (tertiary/aromatic N) is 2. The number of carbonyl (C=O) groups excluding carboxylic acids is 1. The second-order valence-electron chi connectivity index (χ2n) is 5.59. The van der Waals surface area contributed by atoms with Crippen LogP contribution in [0.4, 0.5) is 5.69 Å². The van der Waals surface area contributed by atoms with Crippen LogP contribution in [0.2, 0.25) is 0 Å². The van der Waals surface area contributed by atoms with E-state index in [1.807, 2.05) is 55.5 Å². The third-order valence-corrected chi connectivity index (χ3v) is 3.69. The highest BCUT2D eigenvalue weighted by Crippen LogP contribution is 2.20. The molecule has 0 bridgehead atoms. The fourth-order valence-corrected chi connectivity index (χ4v) is 2.52. The van der Waals surface area contributed by atoms with Gasteiger partial charge < -0.3 is 10.1 Å². The molecule has 3 rings (SSSR count). The highest BCUT2D eigenvalue weighted by Gasteiger charge is 2.11. The van der Waals surface area contributed by atoms with Gasteiger partial charge in [0.05, 0.1) is 18.1 Å². The molecule has 1 N–H and O–H groups in total. The number of amides is 1. The summed E-state index contributed by atoms with van der Waals surface area (Å²) in [4.78, 5) is 21.2. The topological polar surface area (TPSA) is 64.1 Å². The molecule has 24 heavy (non-hydrogen) atoms. The van der Waals surface area contributed by atoms with Crippen molar-refractivity contribution in [1.82, 2.24) is 9.97 Å². The van der Waals surface area contributed by atoms with Gasteiger partial charge in [0, 0.05) is 18.5 Å². The van der Waals surface area contributed by atoms with E-state index in [2.05, 4.69) is 15.3 Å². The Hall–Kier alpha value is -2.95. The average Bonchev–Trinajstić information content (AvgIpc) is 2.59. The molecule has 0 saturated carbocycles. The van der Waals surface area contributed by atoms with Crippen LogP contribution < -0.4 is 10.1 Å². The molecule has 2 aromatic carbocycles. The Morgan fingerprint density at radius 1 is 1.08 bits per heavy atom. The van der Waals surface area contributed by atoms with Crippen molar-refractivity contribution in [3.05, 3.63) is 59.8 Å². The Morgan fingerprint density at radius 2 is 1.83 bits per heavy atom. The Labute approximate surface area is 140 Å². The quantitative estimate of drug-likeness (QED) is 0.781. The van der Waals surface area contributed by atoms with Crippen molar-refractivity contribution in [3.8, 4) is 5.88 Å². The Morgan fingerprint density at radius 3 is 2.54 bits per heavy atom. The van der Waals surface area contributed by atoms with Crippen molar-refractivity contribution >= 4 is 22.6 Å². The number of methoxy groups -OCH3 is 1. The van der Waals surface area contributed by atoms with Gasteiger partial charge in [-0.05, 0) is 36.8 Å². The van der Waals surface area contributed by atoms with Gasteiger partial charge in [-0.1, -0.05) is 24.3 Å². The first kappa shape index (κ1) is 15.9. The number of benzene rings is 2. The summed E-state index contributed by atoms with van der Waals surface area (Å²) in [5.41, 5.74) is 4.18. The number of para-hydroxylation sites is 2. The van der Waals surface area contributed by atoms with E-state index in [9.17, 15) is 4.79 Å². The number of anilines is 1. The summed E-state index contributed by atoms with van der Waals surface area (Å²) in [6.07, 6.45) is 0.788. The van der Waals surface area contributed by atoms with Gasteiger partial charge in [-0.15, -0.1) is 0 Å². The van der Waals surface area contributed by atoms with E-state index in [1.54, 1.807) is 7.11 Å². The van der Waals surface area contributed by atoms with Crippen molar-refractivity contribution in [2.45, 2.75) is 19.8 Å². The number of ether oxygens (including phenoxy) is 1. The average molecular weight is 321 g/mol. The summed E-state index contributed by atoms with van der Waals surface area (Å²) >= 11 is 0. The molecule has 0 unspecified atom stereocenters. The molecule has 5 heteroatoms. The zero-order chi connectivity index (χ0) is 16.9. The number of nitrogens with one attached hydrogen (secondary N) is 1. The molecule has 3 aromatic rings. The monoisotopic (exact) mass is 321 g/mol. The largest absolute Gasteiger partial charge is 0.480 e. The Bertz CT molecular complexity index is 877. The molecule has 0 spiro atoms. The summed E-state index contributed by atoms with van der Waals surface area (Å²) in [5, 5.41) is 2.90. The molecular weight excluding hydrogens is 302 g/mol. The summed E-state index contributed by atoms with van der Waals surface area (Å²) < 4.78 is 5.31. The van der Waals surface area contributed by atoms with Crippen molar-refractivity contribution in [2.24, 2.45) is 0 Å². The maximum atomic E-state index is 12.2. The predicted molar refractivity (Wildman–Crippen MR) is 94.2 cm³/mol. The lowest BCUT2D eigenvalue weighted by Crippen LogP contribution is -2.13. The zero-order valence-corrected chi connectivity index (χ0v) is 13.7. The van der Waals surface area contributed by atoms with E-state index < -0.39 is 0 Å². The molecule has 1 aromatic heterocycles. The SMILES string of the molecule is COc1nc2ccccc2nc1CCC(=O)Nc1cccc(C)c1. The molecule has 0 radical (unpaired) electrons. The molecule has 5 nitrogen and oxygen atoms in total. The lowest BCUT2D eigenvalue weighted by atomic mass is 10.2. The van der Waals surface area contributed by atoms with E-state index in [4.69, 9.17) is 4.74 Å². The zero-order valence-electron chi connectivity index (χ0n) is 13.7. The standard InChI is InChI=1S/C19H19N3O2/c1-13-6-5-7-14(12-13)20-18(23)11-10-17-19(24-2)22-16-9-4-3-8-15(16)21-17/h3-9,12H,10-11H2,1-2H3,(H,20,23). The van der Waals surface area contributed by atoms with Gasteiger partial charge in [0.1, 0.15) is 5.69 Å². The normalized spacial score (nSPS) is 10.6. The molecule has 1 heterocycles. The Kier molecular flexibility index (Phi) is 4.70. The van der Waals surface area contributed by atoms with E-state index in [0.717, 1.165) is 22.3 Å². The molecule has 1 amide bonds. The minimum absolute atomic E-state index is 0.0578. The first-order valence-electron chi connectivity index (χ1n) is 7.82. The molecule has 0 atom stereocenters. The molecule has 0 saturated heterocycles. The first-order valence-corrected chi connectivity index (χ1v) is 7.82. The highest BCUT2D eigenvalue weighted by atomic mass is 16.5. The molecule has 122 valence electrons. The van der Waals surface area contributed by atoms with Crippen molar-refractivity contribution < 1.29 is 9.53 Å². The number of rotatable bonds is 5. The van der Waals surface area contributed by atoms with Gasteiger partial charge in [-0.3, -0.25) is 4.79 Å². The van der Waals surface area contributed by atoms with Crippen LogP contribution in [0.25, 0.3) is 11.0 Å². The fourth-order valence-electron chi connectivity index (χ4n) is 2.52. The van der Waals surface area contributed by atoms with Crippen molar-refractivity contribution in [1.29, 1.82) is 0 Å². The highest BCUT2D eigenvalue weighted by molar-refractivity contribution is 5.91. The number of hydrogen-bond acceptors (Lipinski definition) is 4. The van der Waals surface area contributed by atoms with Crippen LogP contribution in [0, 0.1) is 6.92 Å². The number of aryl methyl sites for hydroxylation is 2. The van der Waals surface area contributed by atoms with Crippen LogP contribution in [0.3, 0.4) is 0 Å². The maximum Gasteiger partial charge on any atom is 0.235 e. The lowest BCUT2D eigenvalue weighted by molar-refractivity contribution is -0.116. The van der Waals surface area contributed by atoms with Crippen molar-refractivity contribution in [2.75, 3.05) is 12.4 Å². The molecule has 0 aliphatic rings. The van der Waals surface area contributed by atoms with E-state index in [0.29, 0.717) is 24.4 Å². The summed E-state index contributed by atoms with van der Waals surface area (Å²) in [6, 6.07) is 15.3. The van der Waals surface area contributed by atoms with Gasteiger partial charge in [-0.25, -0.2) is 9.97 Å². The van der Waals surface area contributed by atoms with Crippen molar-refractivity contribution in [3.63, 3.8) is 0 Å². The Balaban J connectivity index is 1.71. The first-order chi connectivity index (χ1) is 11.7. The van der Waals surface area contributed by atoms with Gasteiger partial charge in [0.2, 0.25) is 11.8 Å². The summed E-state index contributed by atoms with van der Waals surface area (Å²) in [7, 11) is 1.56. The molecule has 0 aliphatic heterocycles. The van der Waals surface area contributed by atoms with Crippen LogP contribution in [-0.2, 0) is 11.2 Å². The predicted octanol–water partition coefficient (Wildman–Crippen LogP) is 3.52. The second-order valence-corrected chi connectivity index (χ2v) is 5.59. The number of fused-ring (bicyclic) bond motifs is 1. The second kappa shape index (κ2) is 7.08. The van der Waals surface area contributed by atoms with Gasteiger partial charge in [-0.2, -0.15) is 0 Å². The molecule has 0 aliphatic carbocycles. The molecule has 0 fully saturated rings. The van der Waals surface area contributed by atoms with Gasteiger partial charge in [0.25, 0.3) is 0 Å². The third-order valence-electron chi connectivity index (χ3n) is 3.69. The molecular formula is C19H19N3O2. The van der Waals surface area contributed by atoms with E-state index in [-0.39, 0.29) is 5.91 Å². The smallest absolute Gasteiger partial charge is 0.235 e.